The van der Waals surface area contributed by atoms with Gasteiger partial charge in [-0.25, -0.2) is 14.1 Å². The SMILES string of the molecule is O=C(Cn1nc(-c2ccccc2)ccc1=O)NCc1ccc(-n2ccnc2)c(F)c1. The van der Waals surface area contributed by atoms with Crippen LogP contribution >= 0.6 is 0 Å². The molecule has 2 heterocycles. The number of hydrogen-bond donors (Lipinski definition) is 1. The van der Waals surface area contributed by atoms with E-state index in [1.165, 1.54) is 18.5 Å². The van der Waals surface area contributed by atoms with Crippen molar-refractivity contribution in [2.75, 3.05) is 0 Å². The molecule has 0 aliphatic heterocycles. The molecule has 0 radical (unpaired) electrons. The van der Waals surface area contributed by atoms with Crippen molar-refractivity contribution in [3.05, 3.63) is 101 Å². The zero-order chi connectivity index (χ0) is 20.9. The maximum atomic E-state index is 14.3. The molecular weight excluding hydrogens is 385 g/mol. The Morgan fingerprint density at radius 2 is 1.90 bits per heavy atom. The first-order chi connectivity index (χ1) is 14.6. The number of aromatic nitrogens is 4. The maximum absolute atomic E-state index is 14.3. The molecule has 0 saturated heterocycles. The van der Waals surface area contributed by atoms with Crippen molar-refractivity contribution in [3.8, 4) is 16.9 Å². The van der Waals surface area contributed by atoms with Gasteiger partial charge in [0.2, 0.25) is 5.91 Å². The van der Waals surface area contributed by atoms with E-state index in [0.717, 1.165) is 10.2 Å². The molecule has 0 bridgehead atoms. The number of nitrogens with one attached hydrogen (secondary N) is 1. The van der Waals surface area contributed by atoms with Gasteiger partial charge in [-0.05, 0) is 23.8 Å². The van der Waals surface area contributed by atoms with Gasteiger partial charge in [0.1, 0.15) is 12.4 Å². The number of imidazole rings is 1. The molecule has 7 nitrogen and oxygen atoms in total. The van der Waals surface area contributed by atoms with E-state index >= 15 is 0 Å². The molecule has 8 heteroatoms. The number of rotatable bonds is 6. The van der Waals surface area contributed by atoms with Crippen LogP contribution in [0.5, 0.6) is 0 Å². The first-order valence-electron chi connectivity index (χ1n) is 9.27. The Hall–Kier alpha value is -4.07. The van der Waals surface area contributed by atoms with Crippen LogP contribution in [0.4, 0.5) is 4.39 Å². The van der Waals surface area contributed by atoms with Crippen LogP contribution in [0.3, 0.4) is 0 Å². The lowest BCUT2D eigenvalue weighted by atomic mass is 10.1. The normalized spacial score (nSPS) is 10.7. The Morgan fingerprint density at radius 3 is 2.63 bits per heavy atom. The Labute approximate surface area is 171 Å². The third-order valence-corrected chi connectivity index (χ3v) is 4.51. The largest absolute Gasteiger partial charge is 0.350 e. The van der Waals surface area contributed by atoms with Crippen LogP contribution in [-0.4, -0.2) is 25.2 Å². The van der Waals surface area contributed by atoms with Crippen molar-refractivity contribution in [1.29, 1.82) is 0 Å². The molecule has 0 aliphatic rings. The Kier molecular flexibility index (Phi) is 5.47. The molecular formula is C22H18FN5O2. The minimum atomic E-state index is -0.423. The summed E-state index contributed by atoms with van der Waals surface area (Å²) in [5.74, 6) is -0.817. The van der Waals surface area contributed by atoms with E-state index in [1.807, 2.05) is 30.3 Å². The second-order valence-electron chi connectivity index (χ2n) is 6.61. The minimum Gasteiger partial charge on any atom is -0.350 e. The molecule has 0 spiro atoms. The average molecular weight is 403 g/mol. The number of benzene rings is 2. The van der Waals surface area contributed by atoms with E-state index in [9.17, 15) is 14.0 Å². The quantitative estimate of drug-likeness (QED) is 0.537. The number of hydrogen-bond acceptors (Lipinski definition) is 4. The molecule has 0 atom stereocenters. The van der Waals surface area contributed by atoms with Crippen molar-refractivity contribution >= 4 is 5.91 Å². The number of halogens is 1. The van der Waals surface area contributed by atoms with Crippen molar-refractivity contribution in [2.45, 2.75) is 13.1 Å². The molecule has 30 heavy (non-hydrogen) atoms. The third kappa shape index (κ3) is 4.33. The zero-order valence-corrected chi connectivity index (χ0v) is 15.9. The zero-order valence-electron chi connectivity index (χ0n) is 15.9. The van der Waals surface area contributed by atoms with Crippen LogP contribution in [0.1, 0.15) is 5.56 Å². The number of amides is 1. The van der Waals surface area contributed by atoms with Crippen molar-refractivity contribution in [3.63, 3.8) is 0 Å². The summed E-state index contributed by atoms with van der Waals surface area (Å²) in [6.45, 7) is -0.0950. The lowest BCUT2D eigenvalue weighted by molar-refractivity contribution is -0.122. The summed E-state index contributed by atoms with van der Waals surface area (Å²) in [7, 11) is 0. The highest BCUT2D eigenvalue weighted by Gasteiger charge is 2.10. The summed E-state index contributed by atoms with van der Waals surface area (Å²) >= 11 is 0. The summed E-state index contributed by atoms with van der Waals surface area (Å²) in [5, 5.41) is 6.96. The molecule has 0 fully saturated rings. The Morgan fingerprint density at radius 1 is 1.07 bits per heavy atom. The van der Waals surface area contributed by atoms with Gasteiger partial charge in [-0.1, -0.05) is 36.4 Å². The fourth-order valence-corrected chi connectivity index (χ4v) is 2.99. The van der Waals surface area contributed by atoms with Crippen LogP contribution in [0, 0.1) is 5.82 Å². The van der Waals surface area contributed by atoms with Gasteiger partial charge in [0.25, 0.3) is 5.56 Å². The highest BCUT2D eigenvalue weighted by Crippen LogP contribution is 2.15. The molecule has 0 saturated carbocycles. The second kappa shape index (κ2) is 8.52. The molecule has 4 rings (SSSR count). The summed E-state index contributed by atoms with van der Waals surface area (Å²) in [6, 6.07) is 17.1. The molecule has 4 aromatic rings. The van der Waals surface area contributed by atoms with Crippen LogP contribution < -0.4 is 10.9 Å². The van der Waals surface area contributed by atoms with E-state index in [-0.39, 0.29) is 18.6 Å². The van der Waals surface area contributed by atoms with E-state index in [2.05, 4.69) is 15.4 Å². The smallest absolute Gasteiger partial charge is 0.267 e. The summed E-state index contributed by atoms with van der Waals surface area (Å²) in [5.41, 5.74) is 2.04. The topological polar surface area (TPSA) is 81.8 Å². The number of carbonyl (C=O) groups excluding carboxylic acids is 1. The van der Waals surface area contributed by atoms with Crippen molar-refractivity contribution in [1.82, 2.24) is 24.6 Å². The first-order valence-corrected chi connectivity index (χ1v) is 9.27. The van der Waals surface area contributed by atoms with Crippen LogP contribution in [0.2, 0.25) is 0 Å². The van der Waals surface area contributed by atoms with Crippen LogP contribution in [0.25, 0.3) is 16.9 Å². The number of nitrogens with zero attached hydrogens (tertiary/aromatic N) is 4. The van der Waals surface area contributed by atoms with Gasteiger partial charge in [-0.15, -0.1) is 0 Å². The maximum Gasteiger partial charge on any atom is 0.267 e. The second-order valence-corrected chi connectivity index (χ2v) is 6.61. The molecule has 1 amide bonds. The van der Waals surface area contributed by atoms with Gasteiger partial charge in [0.05, 0.1) is 17.7 Å². The van der Waals surface area contributed by atoms with Crippen molar-refractivity contribution < 1.29 is 9.18 Å². The van der Waals surface area contributed by atoms with Gasteiger partial charge >= 0.3 is 0 Å². The highest BCUT2D eigenvalue weighted by molar-refractivity contribution is 5.75. The fourth-order valence-electron chi connectivity index (χ4n) is 2.99. The Bertz CT molecular complexity index is 1220. The van der Waals surface area contributed by atoms with Gasteiger partial charge in [-0.2, -0.15) is 5.10 Å². The molecule has 2 aromatic heterocycles. The minimum absolute atomic E-state index is 0.132. The van der Waals surface area contributed by atoms with Crippen LogP contribution in [-0.2, 0) is 17.9 Å². The van der Waals surface area contributed by atoms with E-state index < -0.39 is 11.7 Å². The fraction of sp³-hybridized carbons (Fsp3) is 0.0909. The molecule has 0 unspecified atom stereocenters. The van der Waals surface area contributed by atoms with Gasteiger partial charge in [0.15, 0.2) is 0 Å². The molecule has 2 aromatic carbocycles. The lowest BCUT2D eigenvalue weighted by Crippen LogP contribution is -2.33. The predicted molar refractivity (Wildman–Crippen MR) is 109 cm³/mol. The van der Waals surface area contributed by atoms with Crippen molar-refractivity contribution in [2.24, 2.45) is 0 Å². The van der Waals surface area contributed by atoms with E-state index in [1.54, 1.807) is 35.2 Å². The van der Waals surface area contributed by atoms with Gasteiger partial charge in [-0.3, -0.25) is 9.59 Å². The average Bonchev–Trinajstić information content (AvgIpc) is 3.29. The van der Waals surface area contributed by atoms with E-state index in [0.29, 0.717) is 16.9 Å². The molecule has 1 N–H and O–H groups in total. The first kappa shape index (κ1) is 19.3. The highest BCUT2D eigenvalue weighted by atomic mass is 19.1. The van der Waals surface area contributed by atoms with Gasteiger partial charge < -0.3 is 9.88 Å². The lowest BCUT2D eigenvalue weighted by Gasteiger charge is -2.10. The number of carbonyl (C=O) groups is 1. The predicted octanol–water partition coefficient (Wildman–Crippen LogP) is 2.55. The molecule has 0 aliphatic carbocycles. The summed E-state index contributed by atoms with van der Waals surface area (Å²) in [6.07, 6.45) is 4.72. The van der Waals surface area contributed by atoms with E-state index in [4.69, 9.17) is 0 Å². The van der Waals surface area contributed by atoms with Gasteiger partial charge in [0, 0.05) is 30.6 Å². The van der Waals surface area contributed by atoms with Crippen LogP contribution in [0.15, 0.2) is 84.2 Å². The Balaban J connectivity index is 1.42. The third-order valence-electron chi connectivity index (χ3n) is 4.51. The standard InChI is InChI=1S/C22H18FN5O2/c23-18-12-16(6-8-20(18)27-11-10-24-15-27)13-25-21(29)14-28-22(30)9-7-19(26-28)17-4-2-1-3-5-17/h1-12,15H,13-14H2,(H,25,29). The summed E-state index contributed by atoms with van der Waals surface area (Å²) in [4.78, 5) is 28.3. The monoisotopic (exact) mass is 403 g/mol. The molecule has 150 valence electrons. The summed E-state index contributed by atoms with van der Waals surface area (Å²) < 4.78 is 17.0.